The largest absolute Gasteiger partial charge is 0.325 e. The molecule has 4 rings (SSSR count). The van der Waals surface area contributed by atoms with Gasteiger partial charge in [0.25, 0.3) is 10.0 Å². The number of carbonyl (C=O) groups excluding carboxylic acids is 1. The average Bonchev–Trinajstić information content (AvgIpc) is 2.90. The van der Waals surface area contributed by atoms with Crippen LogP contribution >= 0.6 is 35.0 Å². The number of sulfonamides is 1. The second-order valence-electron chi connectivity index (χ2n) is 7.79. The fourth-order valence-corrected chi connectivity index (χ4v) is 5.26. The van der Waals surface area contributed by atoms with E-state index < -0.39 is 15.3 Å². The fraction of sp³-hybridized carbons (Fsp3) is 0.0800. The molecule has 2 aromatic carbocycles. The number of benzene rings is 2. The van der Waals surface area contributed by atoms with Crippen molar-refractivity contribution in [1.29, 1.82) is 5.26 Å². The molecule has 1 atom stereocenters. The quantitative estimate of drug-likeness (QED) is 0.254. The van der Waals surface area contributed by atoms with E-state index in [1.165, 1.54) is 36.4 Å². The number of aromatic nitrogens is 3. The summed E-state index contributed by atoms with van der Waals surface area (Å²) in [6.45, 7) is 1.69. The summed E-state index contributed by atoms with van der Waals surface area (Å²) in [4.78, 5) is 17.4. The van der Waals surface area contributed by atoms with E-state index in [-0.39, 0.29) is 21.8 Å². The number of carbonyl (C=O) groups is 1. The molecule has 4 aromatic rings. The zero-order valence-corrected chi connectivity index (χ0v) is 22.7. The number of rotatable bonds is 8. The monoisotopic (exact) mass is 584 g/mol. The Hall–Kier alpha value is -3.69. The van der Waals surface area contributed by atoms with Crippen molar-refractivity contribution in [2.75, 3.05) is 10.0 Å². The highest BCUT2D eigenvalue weighted by atomic mass is 35.5. The number of thioether (sulfide) groups is 1. The summed E-state index contributed by atoms with van der Waals surface area (Å²) in [6.07, 6.45) is 0. The Morgan fingerprint density at radius 2 is 1.68 bits per heavy atom. The first kappa shape index (κ1) is 27.3. The third-order valence-electron chi connectivity index (χ3n) is 5.08. The Labute approximate surface area is 233 Å². The highest BCUT2D eigenvalue weighted by Crippen LogP contribution is 2.29. The van der Waals surface area contributed by atoms with E-state index in [1.54, 1.807) is 31.2 Å². The summed E-state index contributed by atoms with van der Waals surface area (Å²) >= 11 is 12.8. The average molecular weight is 585 g/mol. The normalized spacial score (nSPS) is 11.8. The molecule has 0 aliphatic carbocycles. The minimum Gasteiger partial charge on any atom is -0.325 e. The third kappa shape index (κ3) is 6.79. The number of nitrogens with one attached hydrogen (secondary N) is 2. The predicted octanol–water partition coefficient (Wildman–Crippen LogP) is 5.64. The highest BCUT2D eigenvalue weighted by Gasteiger charge is 2.20. The molecule has 0 aliphatic heterocycles. The van der Waals surface area contributed by atoms with E-state index in [2.05, 4.69) is 31.3 Å². The Morgan fingerprint density at radius 1 is 0.974 bits per heavy atom. The van der Waals surface area contributed by atoms with E-state index in [4.69, 9.17) is 23.2 Å². The molecule has 192 valence electrons. The number of anilines is 2. The van der Waals surface area contributed by atoms with Crippen LogP contribution in [0.4, 0.5) is 11.5 Å². The lowest BCUT2D eigenvalue weighted by atomic mass is 10.1. The topological polar surface area (TPSA) is 138 Å². The van der Waals surface area contributed by atoms with Gasteiger partial charge in [-0.05, 0) is 67.6 Å². The number of nitrogens with zero attached hydrogens (tertiary/aromatic N) is 4. The van der Waals surface area contributed by atoms with Crippen molar-refractivity contribution >= 4 is 62.4 Å². The van der Waals surface area contributed by atoms with Crippen molar-refractivity contribution in [3.8, 4) is 17.3 Å². The standard InChI is InChI=1S/C25H18Cl2N6O3S2/c1-15(37-25-17(14-28)4-11-21(30-25)16-2-5-18(26)6-3-16)24(34)29-19-7-9-20(10-8-19)38(35,36)33-23-13-12-22(27)31-32-23/h2-13,15H,1H3,(H,29,34)(H,32,33). The Bertz CT molecular complexity index is 1610. The van der Waals surface area contributed by atoms with Gasteiger partial charge in [0, 0.05) is 16.3 Å². The summed E-state index contributed by atoms with van der Waals surface area (Å²) in [7, 11) is -3.92. The minimum atomic E-state index is -3.92. The maximum atomic E-state index is 12.8. The molecule has 0 saturated carbocycles. The zero-order valence-electron chi connectivity index (χ0n) is 19.6. The van der Waals surface area contributed by atoms with E-state index in [9.17, 15) is 18.5 Å². The maximum Gasteiger partial charge on any atom is 0.263 e. The van der Waals surface area contributed by atoms with Crippen LogP contribution < -0.4 is 10.0 Å². The minimum absolute atomic E-state index is 0.0168. The van der Waals surface area contributed by atoms with Gasteiger partial charge in [-0.15, -0.1) is 10.2 Å². The molecule has 0 bridgehead atoms. The second-order valence-corrected chi connectivity index (χ2v) is 11.6. The predicted molar refractivity (Wildman–Crippen MR) is 148 cm³/mol. The Kier molecular flexibility index (Phi) is 8.48. The van der Waals surface area contributed by atoms with Gasteiger partial charge < -0.3 is 5.32 Å². The molecule has 0 spiro atoms. The molecule has 2 aromatic heterocycles. The van der Waals surface area contributed by atoms with Crippen molar-refractivity contribution in [3.05, 3.63) is 88.5 Å². The van der Waals surface area contributed by atoms with E-state index in [1.807, 2.05) is 12.1 Å². The van der Waals surface area contributed by atoms with Gasteiger partial charge in [0.1, 0.15) is 11.1 Å². The van der Waals surface area contributed by atoms with Crippen LogP contribution in [0.5, 0.6) is 0 Å². The molecule has 38 heavy (non-hydrogen) atoms. The van der Waals surface area contributed by atoms with Gasteiger partial charge in [0.15, 0.2) is 11.0 Å². The van der Waals surface area contributed by atoms with E-state index in [0.717, 1.165) is 17.3 Å². The van der Waals surface area contributed by atoms with Crippen molar-refractivity contribution in [2.45, 2.75) is 22.1 Å². The van der Waals surface area contributed by atoms with Crippen molar-refractivity contribution in [3.63, 3.8) is 0 Å². The van der Waals surface area contributed by atoms with Crippen LogP contribution in [-0.2, 0) is 14.8 Å². The molecule has 0 saturated heterocycles. The van der Waals surface area contributed by atoms with Gasteiger partial charge in [0.05, 0.1) is 21.4 Å². The first-order valence-electron chi connectivity index (χ1n) is 10.9. The molecule has 0 aliphatic rings. The number of nitriles is 1. The van der Waals surface area contributed by atoms with Gasteiger partial charge >= 0.3 is 0 Å². The molecule has 13 heteroatoms. The molecule has 1 unspecified atom stereocenters. The molecule has 1 amide bonds. The second kappa shape index (κ2) is 11.8. The summed E-state index contributed by atoms with van der Waals surface area (Å²) in [5, 5.41) is 20.1. The van der Waals surface area contributed by atoms with Gasteiger partial charge in [-0.25, -0.2) is 13.4 Å². The lowest BCUT2D eigenvalue weighted by Crippen LogP contribution is -2.22. The molecule has 0 fully saturated rings. The van der Waals surface area contributed by atoms with Crippen LogP contribution in [0.2, 0.25) is 10.2 Å². The van der Waals surface area contributed by atoms with Gasteiger partial charge in [-0.2, -0.15) is 5.26 Å². The smallest absolute Gasteiger partial charge is 0.263 e. The zero-order chi connectivity index (χ0) is 27.3. The van der Waals surface area contributed by atoms with E-state index >= 15 is 0 Å². The van der Waals surface area contributed by atoms with Crippen molar-refractivity contribution < 1.29 is 13.2 Å². The van der Waals surface area contributed by atoms with Gasteiger partial charge in [0.2, 0.25) is 5.91 Å². The Morgan fingerprint density at radius 3 is 2.32 bits per heavy atom. The molecular weight excluding hydrogens is 567 g/mol. The number of amides is 1. The lowest BCUT2D eigenvalue weighted by molar-refractivity contribution is -0.115. The number of pyridine rings is 1. The highest BCUT2D eigenvalue weighted by molar-refractivity contribution is 8.00. The number of hydrogen-bond donors (Lipinski definition) is 2. The SMILES string of the molecule is CC(Sc1nc(-c2ccc(Cl)cc2)ccc1C#N)C(=O)Nc1ccc(S(=O)(=O)Nc2ccc(Cl)nn2)cc1. The Balaban J connectivity index is 1.43. The lowest BCUT2D eigenvalue weighted by Gasteiger charge is -2.14. The third-order valence-corrected chi connectivity index (χ3v) is 8.01. The van der Waals surface area contributed by atoms with Gasteiger partial charge in [-0.3, -0.25) is 9.52 Å². The molecule has 0 radical (unpaired) electrons. The molecule has 9 nitrogen and oxygen atoms in total. The van der Waals surface area contributed by atoms with Crippen LogP contribution in [0.25, 0.3) is 11.3 Å². The summed E-state index contributed by atoms with van der Waals surface area (Å²) in [5.74, 6) is -0.328. The molecule has 2 N–H and O–H groups in total. The van der Waals surface area contributed by atoms with Crippen LogP contribution in [-0.4, -0.2) is 34.8 Å². The van der Waals surface area contributed by atoms with Crippen molar-refractivity contribution in [2.24, 2.45) is 0 Å². The summed E-state index contributed by atoms with van der Waals surface area (Å²) < 4.78 is 27.5. The first-order valence-corrected chi connectivity index (χ1v) is 14.0. The van der Waals surface area contributed by atoms with Crippen LogP contribution in [0, 0.1) is 11.3 Å². The number of halogens is 2. The van der Waals surface area contributed by atoms with Crippen LogP contribution in [0.1, 0.15) is 12.5 Å². The molecule has 2 heterocycles. The molecular formula is C25H18Cl2N6O3S2. The van der Waals surface area contributed by atoms with Crippen LogP contribution in [0.3, 0.4) is 0 Å². The summed E-state index contributed by atoms with van der Waals surface area (Å²) in [6, 6.07) is 21.1. The van der Waals surface area contributed by atoms with Crippen LogP contribution in [0.15, 0.2) is 82.7 Å². The maximum absolute atomic E-state index is 12.8. The summed E-state index contributed by atoms with van der Waals surface area (Å²) in [5.41, 5.74) is 2.21. The first-order chi connectivity index (χ1) is 18.1. The van der Waals surface area contributed by atoms with Gasteiger partial charge in [-0.1, -0.05) is 47.1 Å². The fourth-order valence-electron chi connectivity index (χ4n) is 3.15. The number of hydrogen-bond acceptors (Lipinski definition) is 8. The van der Waals surface area contributed by atoms with Crippen molar-refractivity contribution in [1.82, 2.24) is 15.2 Å². The van der Waals surface area contributed by atoms with E-state index in [0.29, 0.717) is 27.0 Å².